The van der Waals surface area contributed by atoms with Gasteiger partial charge in [-0.05, 0) is 25.4 Å². The topological polar surface area (TPSA) is 44.2 Å². The van der Waals surface area contributed by atoms with Gasteiger partial charge in [-0.15, -0.1) is 0 Å². The lowest BCUT2D eigenvalue weighted by Crippen LogP contribution is -2.20. The van der Waals surface area contributed by atoms with Crippen LogP contribution < -0.4 is 0 Å². The Kier molecular flexibility index (Phi) is 5.98. The summed E-state index contributed by atoms with van der Waals surface area (Å²) < 4.78 is 10.8. The maximum absolute atomic E-state index is 5.93. The highest BCUT2D eigenvalue weighted by atomic mass is 35.5. The summed E-state index contributed by atoms with van der Waals surface area (Å²) in [6, 6.07) is 0. The molecule has 0 spiro atoms. The second kappa shape index (κ2) is 7.01. The third kappa shape index (κ3) is 4.22. The van der Waals surface area contributed by atoms with Crippen LogP contribution in [0.3, 0.4) is 0 Å². The van der Waals surface area contributed by atoms with Gasteiger partial charge in [0.05, 0.1) is 0 Å². The third-order valence-electron chi connectivity index (χ3n) is 1.87. The van der Waals surface area contributed by atoms with Crippen LogP contribution in [-0.2, 0) is 15.9 Å². The first-order chi connectivity index (χ1) is 7.67. The van der Waals surface area contributed by atoms with Crippen LogP contribution in [0.25, 0.3) is 0 Å². The number of halogens is 2. The first kappa shape index (κ1) is 13.6. The van der Waals surface area contributed by atoms with Crippen LogP contribution in [0.15, 0.2) is 6.20 Å². The highest BCUT2D eigenvalue weighted by Crippen LogP contribution is 2.17. The molecule has 90 valence electrons. The molecule has 0 unspecified atom stereocenters. The van der Waals surface area contributed by atoms with Gasteiger partial charge in [-0.2, -0.15) is 0 Å². The molecule has 0 amide bonds. The van der Waals surface area contributed by atoms with Crippen molar-refractivity contribution in [3.8, 4) is 0 Å². The molecule has 6 heteroatoms. The summed E-state index contributed by atoms with van der Waals surface area (Å²) in [5.41, 5.74) is 0.762. The second-order valence-corrected chi connectivity index (χ2v) is 3.70. The Morgan fingerprint density at radius 2 is 1.88 bits per heavy atom. The van der Waals surface area contributed by atoms with Gasteiger partial charge in [0.25, 0.3) is 0 Å². The lowest BCUT2D eigenvalue weighted by Gasteiger charge is -2.16. The van der Waals surface area contributed by atoms with Gasteiger partial charge in [-0.25, -0.2) is 9.97 Å². The Balaban J connectivity index is 2.68. The summed E-state index contributed by atoms with van der Waals surface area (Å²) in [4.78, 5) is 7.73. The molecule has 0 aromatic carbocycles. The second-order valence-electron chi connectivity index (χ2n) is 3.00. The zero-order chi connectivity index (χ0) is 12.0. The van der Waals surface area contributed by atoms with Gasteiger partial charge >= 0.3 is 0 Å². The summed E-state index contributed by atoms with van der Waals surface area (Å²) in [5.74, 6) is 0. The van der Waals surface area contributed by atoms with E-state index in [4.69, 9.17) is 32.7 Å². The Morgan fingerprint density at radius 1 is 1.25 bits per heavy atom. The zero-order valence-electron chi connectivity index (χ0n) is 9.24. The summed E-state index contributed by atoms with van der Waals surface area (Å²) in [5, 5.41) is 0.475. The van der Waals surface area contributed by atoms with E-state index < -0.39 is 0 Å². The predicted octanol–water partition coefficient (Wildman–Crippen LogP) is 2.73. The summed E-state index contributed by atoms with van der Waals surface area (Å²) in [6.07, 6.45) is 1.78. The molecule has 0 aliphatic rings. The van der Waals surface area contributed by atoms with Crippen molar-refractivity contribution in [2.45, 2.75) is 26.6 Å². The highest BCUT2D eigenvalue weighted by molar-refractivity contribution is 6.32. The molecule has 0 aliphatic heterocycles. The van der Waals surface area contributed by atoms with Crippen molar-refractivity contribution in [1.82, 2.24) is 9.97 Å². The molecule has 1 aromatic rings. The number of rotatable bonds is 6. The SMILES string of the molecule is CCOC(Cc1cnc(Cl)nc1Cl)OCC. The van der Waals surface area contributed by atoms with Crippen molar-refractivity contribution in [3.63, 3.8) is 0 Å². The number of nitrogens with zero attached hydrogens (tertiary/aromatic N) is 2. The summed E-state index contributed by atoms with van der Waals surface area (Å²) in [6.45, 7) is 4.98. The molecule has 0 N–H and O–H groups in total. The van der Waals surface area contributed by atoms with Crippen LogP contribution in [0.2, 0.25) is 10.4 Å². The van der Waals surface area contributed by atoms with E-state index >= 15 is 0 Å². The smallest absolute Gasteiger partial charge is 0.223 e. The first-order valence-electron chi connectivity index (χ1n) is 5.07. The van der Waals surface area contributed by atoms with E-state index in [2.05, 4.69) is 9.97 Å². The van der Waals surface area contributed by atoms with Crippen molar-refractivity contribution in [2.75, 3.05) is 13.2 Å². The molecule has 1 heterocycles. The molecule has 0 saturated carbocycles. The van der Waals surface area contributed by atoms with Crippen molar-refractivity contribution in [3.05, 3.63) is 22.2 Å². The van der Waals surface area contributed by atoms with Crippen molar-refractivity contribution in [2.24, 2.45) is 0 Å². The largest absolute Gasteiger partial charge is 0.353 e. The van der Waals surface area contributed by atoms with Gasteiger partial charge in [0.2, 0.25) is 5.28 Å². The van der Waals surface area contributed by atoms with E-state index in [1.165, 1.54) is 0 Å². The average molecular weight is 265 g/mol. The monoisotopic (exact) mass is 264 g/mol. The molecule has 1 aromatic heterocycles. The fraction of sp³-hybridized carbons (Fsp3) is 0.600. The van der Waals surface area contributed by atoms with E-state index in [0.29, 0.717) is 24.8 Å². The van der Waals surface area contributed by atoms with Crippen LogP contribution in [0, 0.1) is 0 Å². The molecule has 0 fully saturated rings. The van der Waals surface area contributed by atoms with Crippen LogP contribution in [0.1, 0.15) is 19.4 Å². The number of hydrogen-bond acceptors (Lipinski definition) is 4. The number of hydrogen-bond donors (Lipinski definition) is 0. The minimum Gasteiger partial charge on any atom is -0.353 e. The lowest BCUT2D eigenvalue weighted by atomic mass is 10.2. The van der Waals surface area contributed by atoms with Crippen molar-refractivity contribution >= 4 is 23.2 Å². The molecule has 0 radical (unpaired) electrons. The number of ether oxygens (including phenoxy) is 2. The van der Waals surface area contributed by atoms with E-state index in [1.807, 2.05) is 13.8 Å². The van der Waals surface area contributed by atoms with Gasteiger partial charge in [-0.3, -0.25) is 0 Å². The quantitative estimate of drug-likeness (QED) is 0.450. The van der Waals surface area contributed by atoms with Crippen LogP contribution in [-0.4, -0.2) is 29.5 Å². The van der Waals surface area contributed by atoms with Gasteiger partial charge < -0.3 is 9.47 Å². The van der Waals surface area contributed by atoms with E-state index in [-0.39, 0.29) is 11.6 Å². The van der Waals surface area contributed by atoms with Crippen molar-refractivity contribution < 1.29 is 9.47 Å². The molecular formula is C10H14Cl2N2O2. The Labute approximate surface area is 105 Å². The maximum Gasteiger partial charge on any atom is 0.223 e. The van der Waals surface area contributed by atoms with Gasteiger partial charge in [0.1, 0.15) is 5.15 Å². The van der Waals surface area contributed by atoms with Gasteiger partial charge in [-0.1, -0.05) is 11.6 Å². The molecule has 0 atom stereocenters. The van der Waals surface area contributed by atoms with Crippen LogP contribution >= 0.6 is 23.2 Å². The molecule has 16 heavy (non-hydrogen) atoms. The molecular weight excluding hydrogens is 251 g/mol. The predicted molar refractivity (Wildman–Crippen MR) is 62.8 cm³/mol. The molecule has 0 bridgehead atoms. The maximum atomic E-state index is 5.93. The third-order valence-corrected chi connectivity index (χ3v) is 2.38. The average Bonchev–Trinajstić information content (AvgIpc) is 2.23. The highest BCUT2D eigenvalue weighted by Gasteiger charge is 2.13. The normalized spacial score (nSPS) is 11.1. The Hall–Kier alpha value is -0.420. The molecule has 0 aliphatic carbocycles. The Bertz CT molecular complexity index is 331. The molecule has 0 saturated heterocycles. The van der Waals surface area contributed by atoms with Crippen LogP contribution in [0.5, 0.6) is 0 Å². The van der Waals surface area contributed by atoms with Gasteiger partial charge in [0.15, 0.2) is 6.29 Å². The Morgan fingerprint density at radius 3 is 2.38 bits per heavy atom. The minimum atomic E-state index is -0.322. The first-order valence-corrected chi connectivity index (χ1v) is 5.83. The van der Waals surface area contributed by atoms with Crippen LogP contribution in [0.4, 0.5) is 0 Å². The molecule has 4 nitrogen and oxygen atoms in total. The van der Waals surface area contributed by atoms with E-state index in [9.17, 15) is 0 Å². The fourth-order valence-corrected chi connectivity index (χ4v) is 1.60. The summed E-state index contributed by atoms with van der Waals surface area (Å²) >= 11 is 11.5. The van der Waals surface area contributed by atoms with E-state index in [0.717, 1.165) is 5.56 Å². The fourth-order valence-electron chi connectivity index (χ4n) is 1.22. The standard InChI is InChI=1S/C10H14Cl2N2O2/c1-3-15-8(16-4-2)5-7-6-13-10(12)14-9(7)11/h6,8H,3-5H2,1-2H3. The zero-order valence-corrected chi connectivity index (χ0v) is 10.8. The molecule has 1 rings (SSSR count). The van der Waals surface area contributed by atoms with Crippen molar-refractivity contribution in [1.29, 1.82) is 0 Å². The minimum absolute atomic E-state index is 0.137. The number of aromatic nitrogens is 2. The summed E-state index contributed by atoms with van der Waals surface area (Å²) in [7, 11) is 0. The lowest BCUT2D eigenvalue weighted by molar-refractivity contribution is -0.134. The van der Waals surface area contributed by atoms with E-state index in [1.54, 1.807) is 6.20 Å². The van der Waals surface area contributed by atoms with Gasteiger partial charge in [0, 0.05) is 31.4 Å².